The first-order valence-corrected chi connectivity index (χ1v) is 11.4. The van der Waals surface area contributed by atoms with E-state index in [0.29, 0.717) is 39.4 Å². The third kappa shape index (κ3) is 4.97. The van der Waals surface area contributed by atoms with Crippen molar-refractivity contribution < 1.29 is 27.8 Å². The molecule has 0 N–H and O–H groups in total. The summed E-state index contributed by atoms with van der Waals surface area (Å²) >= 11 is 1.09. The van der Waals surface area contributed by atoms with Gasteiger partial charge in [0.1, 0.15) is 11.6 Å². The molecular weight excluding hydrogens is 476 g/mol. The van der Waals surface area contributed by atoms with Crippen molar-refractivity contribution in [1.82, 2.24) is 14.8 Å². The van der Waals surface area contributed by atoms with Gasteiger partial charge >= 0.3 is 0 Å². The number of carbonyl (C=O) groups is 1. The molecule has 0 aliphatic carbocycles. The van der Waals surface area contributed by atoms with Gasteiger partial charge < -0.3 is 14.2 Å². The highest BCUT2D eigenvalue weighted by Gasteiger charge is 2.23. The molecule has 35 heavy (non-hydrogen) atoms. The van der Waals surface area contributed by atoms with Crippen LogP contribution in [0.4, 0.5) is 8.78 Å². The number of halogens is 2. The SMILES string of the molecule is COc1cc(-c2nnc(SCC(=O)c3ccc(F)cc3)n2-c2ccccc2F)cc(OC)c1OC. The molecule has 1 heterocycles. The number of thioether (sulfide) groups is 1. The van der Waals surface area contributed by atoms with E-state index in [4.69, 9.17) is 14.2 Å². The number of para-hydroxylation sites is 1. The van der Waals surface area contributed by atoms with E-state index in [9.17, 15) is 13.6 Å². The summed E-state index contributed by atoms with van der Waals surface area (Å²) in [6.07, 6.45) is 0. The Morgan fingerprint density at radius 3 is 2.17 bits per heavy atom. The Balaban J connectivity index is 1.78. The summed E-state index contributed by atoms with van der Waals surface area (Å²) < 4.78 is 45.9. The summed E-state index contributed by atoms with van der Waals surface area (Å²) in [7, 11) is 4.48. The van der Waals surface area contributed by atoms with Crippen LogP contribution in [0.1, 0.15) is 10.4 Å². The summed E-state index contributed by atoms with van der Waals surface area (Å²) in [5, 5.41) is 8.81. The van der Waals surface area contributed by atoms with Gasteiger partial charge in [0.15, 0.2) is 28.3 Å². The molecule has 0 saturated carbocycles. The quantitative estimate of drug-likeness (QED) is 0.232. The van der Waals surface area contributed by atoms with Gasteiger partial charge in [-0.25, -0.2) is 8.78 Å². The van der Waals surface area contributed by atoms with Crippen LogP contribution in [0.2, 0.25) is 0 Å². The van der Waals surface area contributed by atoms with Crippen LogP contribution in [0, 0.1) is 11.6 Å². The number of rotatable bonds is 9. The third-order valence-corrected chi connectivity index (χ3v) is 6.08. The van der Waals surface area contributed by atoms with Crippen LogP contribution in [-0.4, -0.2) is 47.6 Å². The molecule has 0 atom stereocenters. The molecule has 0 radical (unpaired) electrons. The van der Waals surface area contributed by atoms with E-state index in [1.54, 1.807) is 30.3 Å². The lowest BCUT2D eigenvalue weighted by Gasteiger charge is -2.15. The summed E-state index contributed by atoms with van der Waals surface area (Å²) in [6.45, 7) is 0. The molecule has 0 bridgehead atoms. The molecule has 0 spiro atoms. The van der Waals surface area contributed by atoms with Gasteiger partial charge in [-0.1, -0.05) is 23.9 Å². The van der Waals surface area contributed by atoms with Crippen molar-refractivity contribution in [1.29, 1.82) is 0 Å². The lowest BCUT2D eigenvalue weighted by Crippen LogP contribution is -2.06. The second kappa shape index (κ2) is 10.6. The summed E-state index contributed by atoms with van der Waals surface area (Å²) in [5.41, 5.74) is 1.10. The lowest BCUT2D eigenvalue weighted by molar-refractivity contribution is 0.102. The fourth-order valence-electron chi connectivity index (χ4n) is 3.46. The maximum Gasteiger partial charge on any atom is 0.203 e. The van der Waals surface area contributed by atoms with Crippen molar-refractivity contribution >= 4 is 17.5 Å². The monoisotopic (exact) mass is 497 g/mol. The first kappa shape index (κ1) is 24.2. The topological polar surface area (TPSA) is 75.5 Å². The first-order chi connectivity index (χ1) is 17.0. The van der Waals surface area contributed by atoms with Gasteiger partial charge in [-0.05, 0) is 48.5 Å². The third-order valence-electron chi connectivity index (χ3n) is 5.15. The molecule has 0 unspecified atom stereocenters. The van der Waals surface area contributed by atoms with Crippen LogP contribution in [0.25, 0.3) is 17.1 Å². The van der Waals surface area contributed by atoms with Gasteiger partial charge in [-0.2, -0.15) is 0 Å². The minimum absolute atomic E-state index is 0.00648. The number of hydrogen-bond acceptors (Lipinski definition) is 7. The molecule has 0 fully saturated rings. The largest absolute Gasteiger partial charge is 0.493 e. The van der Waals surface area contributed by atoms with Crippen molar-refractivity contribution in [3.05, 3.63) is 77.9 Å². The van der Waals surface area contributed by atoms with Crippen molar-refractivity contribution in [2.24, 2.45) is 0 Å². The summed E-state index contributed by atoms with van der Waals surface area (Å²) in [6, 6.07) is 14.8. The maximum atomic E-state index is 14.9. The minimum Gasteiger partial charge on any atom is -0.493 e. The average Bonchev–Trinajstić information content (AvgIpc) is 3.30. The van der Waals surface area contributed by atoms with E-state index < -0.39 is 11.6 Å². The average molecular weight is 498 g/mol. The van der Waals surface area contributed by atoms with E-state index in [1.807, 2.05) is 0 Å². The Bertz CT molecular complexity index is 1330. The van der Waals surface area contributed by atoms with Gasteiger partial charge in [0.2, 0.25) is 5.75 Å². The molecule has 4 aromatic rings. The number of nitrogens with zero attached hydrogens (tertiary/aromatic N) is 3. The fraction of sp³-hybridized carbons (Fsp3) is 0.160. The van der Waals surface area contributed by atoms with Crippen LogP contribution < -0.4 is 14.2 Å². The van der Waals surface area contributed by atoms with Gasteiger partial charge in [0.05, 0.1) is 32.8 Å². The van der Waals surface area contributed by atoms with E-state index in [0.717, 1.165) is 11.8 Å². The van der Waals surface area contributed by atoms with Gasteiger partial charge in [0, 0.05) is 11.1 Å². The smallest absolute Gasteiger partial charge is 0.203 e. The molecule has 0 aliphatic heterocycles. The Labute approximate surface area is 204 Å². The van der Waals surface area contributed by atoms with Crippen molar-refractivity contribution in [3.8, 4) is 34.3 Å². The fourth-order valence-corrected chi connectivity index (χ4v) is 4.30. The van der Waals surface area contributed by atoms with Crippen molar-refractivity contribution in [2.45, 2.75) is 5.16 Å². The molecule has 10 heteroatoms. The van der Waals surface area contributed by atoms with Gasteiger partial charge in [-0.3, -0.25) is 9.36 Å². The normalized spacial score (nSPS) is 10.8. The number of Topliss-reactive ketones (excluding diaryl/α,β-unsaturated/α-hetero) is 1. The minimum atomic E-state index is -0.493. The van der Waals surface area contributed by atoms with Crippen LogP contribution in [0.3, 0.4) is 0 Å². The number of methoxy groups -OCH3 is 3. The predicted molar refractivity (Wildman–Crippen MR) is 128 cm³/mol. The first-order valence-electron chi connectivity index (χ1n) is 10.4. The number of ether oxygens (including phenoxy) is 3. The highest BCUT2D eigenvalue weighted by Crippen LogP contribution is 2.42. The van der Waals surface area contributed by atoms with Gasteiger partial charge in [0.25, 0.3) is 0 Å². The predicted octanol–water partition coefficient (Wildman–Crippen LogP) is 5.21. The zero-order valence-electron chi connectivity index (χ0n) is 19.1. The highest BCUT2D eigenvalue weighted by atomic mass is 32.2. The second-order valence-corrected chi connectivity index (χ2v) is 8.17. The number of benzene rings is 3. The number of aromatic nitrogens is 3. The van der Waals surface area contributed by atoms with Gasteiger partial charge in [-0.15, -0.1) is 10.2 Å². The molecule has 1 aromatic heterocycles. The Kier molecular flexibility index (Phi) is 7.31. The Morgan fingerprint density at radius 2 is 1.57 bits per heavy atom. The van der Waals surface area contributed by atoms with E-state index >= 15 is 0 Å². The molecule has 0 saturated heterocycles. The molecule has 4 rings (SSSR count). The molecule has 180 valence electrons. The maximum absolute atomic E-state index is 14.9. The lowest BCUT2D eigenvalue weighted by atomic mass is 10.1. The molecular formula is C25H21F2N3O4S. The Morgan fingerprint density at radius 1 is 0.914 bits per heavy atom. The van der Waals surface area contributed by atoms with Crippen LogP contribution >= 0.6 is 11.8 Å². The number of carbonyl (C=O) groups excluding carboxylic acids is 1. The number of hydrogen-bond donors (Lipinski definition) is 0. The van der Waals surface area contributed by atoms with Crippen LogP contribution in [0.15, 0.2) is 65.8 Å². The Hall–Kier alpha value is -3.92. The van der Waals surface area contributed by atoms with Crippen molar-refractivity contribution in [3.63, 3.8) is 0 Å². The summed E-state index contributed by atoms with van der Waals surface area (Å²) in [4.78, 5) is 12.6. The zero-order valence-corrected chi connectivity index (χ0v) is 19.9. The second-order valence-electron chi connectivity index (χ2n) is 7.23. The van der Waals surface area contributed by atoms with Crippen LogP contribution in [-0.2, 0) is 0 Å². The van der Waals surface area contributed by atoms with E-state index in [2.05, 4.69) is 10.2 Å². The standard InChI is InChI=1S/C25H21F2N3O4S/c1-32-21-12-16(13-22(33-2)23(21)34-3)24-28-29-25(30(24)19-7-5-4-6-18(19)27)35-14-20(31)15-8-10-17(26)11-9-15/h4-13H,14H2,1-3H3. The van der Waals surface area contributed by atoms with E-state index in [-0.39, 0.29) is 17.2 Å². The molecule has 0 amide bonds. The zero-order chi connectivity index (χ0) is 24.9. The highest BCUT2D eigenvalue weighted by molar-refractivity contribution is 7.99. The van der Waals surface area contributed by atoms with E-state index in [1.165, 1.54) is 56.2 Å². The molecule has 0 aliphatic rings. The van der Waals surface area contributed by atoms with Crippen LogP contribution in [0.5, 0.6) is 17.2 Å². The number of ketones is 1. The molecule has 7 nitrogen and oxygen atoms in total. The van der Waals surface area contributed by atoms with Crippen molar-refractivity contribution in [2.75, 3.05) is 27.1 Å². The molecule has 3 aromatic carbocycles. The summed E-state index contributed by atoms with van der Waals surface area (Å²) in [5.74, 6) is 0.342.